The molecule has 2 aliphatic heterocycles. The van der Waals surface area contributed by atoms with E-state index < -0.39 is 0 Å². The van der Waals surface area contributed by atoms with Gasteiger partial charge < -0.3 is 15.0 Å². The number of benzene rings is 2. The fourth-order valence-electron chi connectivity index (χ4n) is 4.65. The van der Waals surface area contributed by atoms with Crippen LogP contribution in [0.2, 0.25) is 5.02 Å². The Morgan fingerprint density at radius 1 is 1.16 bits per heavy atom. The van der Waals surface area contributed by atoms with Crippen LogP contribution in [0.1, 0.15) is 42.7 Å². The smallest absolute Gasteiger partial charge is 0.410 e. The lowest BCUT2D eigenvalue weighted by atomic mass is 10.1. The van der Waals surface area contributed by atoms with Gasteiger partial charge in [-0.05, 0) is 43.5 Å². The average molecular weight is 453 g/mol. The molecular formula is C24H25ClN4O3. The van der Waals surface area contributed by atoms with Crippen LogP contribution in [-0.4, -0.2) is 40.2 Å². The molecule has 0 aliphatic carbocycles. The largest absolute Gasteiger partial charge is 0.445 e. The highest BCUT2D eigenvalue weighted by molar-refractivity contribution is 6.35. The molecule has 0 saturated carbocycles. The van der Waals surface area contributed by atoms with Crippen molar-refractivity contribution < 1.29 is 9.53 Å². The Kier molecular flexibility index (Phi) is 5.85. The second-order valence-electron chi connectivity index (χ2n) is 8.36. The number of hydrogen-bond acceptors (Lipinski definition) is 5. The Hall–Kier alpha value is -2.90. The quantitative estimate of drug-likeness (QED) is 0.646. The molecule has 0 unspecified atom stereocenters. The Morgan fingerprint density at radius 2 is 2.00 bits per heavy atom. The van der Waals surface area contributed by atoms with Crippen LogP contribution in [0, 0.1) is 0 Å². The van der Waals surface area contributed by atoms with Crippen molar-refractivity contribution in [1.82, 2.24) is 19.8 Å². The van der Waals surface area contributed by atoms with Crippen LogP contribution in [0.4, 0.5) is 4.79 Å². The Morgan fingerprint density at radius 3 is 2.78 bits per heavy atom. The summed E-state index contributed by atoms with van der Waals surface area (Å²) >= 11 is 6.38. The van der Waals surface area contributed by atoms with Gasteiger partial charge in [0, 0.05) is 13.1 Å². The molecule has 1 aromatic heterocycles. The molecule has 5 rings (SSSR count). The zero-order chi connectivity index (χ0) is 22.1. The molecule has 1 N–H and O–H groups in total. The topological polar surface area (TPSA) is 76.5 Å². The van der Waals surface area contributed by atoms with Gasteiger partial charge in [0.25, 0.3) is 5.56 Å². The number of aromatic nitrogens is 2. The maximum Gasteiger partial charge on any atom is 0.410 e. The average Bonchev–Trinajstić information content (AvgIpc) is 3.50. The van der Waals surface area contributed by atoms with E-state index in [4.69, 9.17) is 21.3 Å². The zero-order valence-corrected chi connectivity index (χ0v) is 18.4. The summed E-state index contributed by atoms with van der Waals surface area (Å²) in [5.41, 5.74) is 1.41. The summed E-state index contributed by atoms with van der Waals surface area (Å²) in [5.74, 6) is 0.728. The van der Waals surface area contributed by atoms with E-state index in [-0.39, 0.29) is 30.3 Å². The number of likely N-dealkylation sites (tertiary alicyclic amines) is 1. The lowest BCUT2D eigenvalue weighted by Crippen LogP contribution is -2.35. The van der Waals surface area contributed by atoms with Crippen LogP contribution in [-0.2, 0) is 11.3 Å². The van der Waals surface area contributed by atoms with Crippen molar-refractivity contribution in [2.24, 2.45) is 0 Å². The minimum Gasteiger partial charge on any atom is -0.445 e. The highest BCUT2D eigenvalue weighted by Crippen LogP contribution is 2.30. The monoisotopic (exact) mass is 452 g/mol. The molecule has 2 aromatic carbocycles. The lowest BCUT2D eigenvalue weighted by molar-refractivity contribution is 0.103. The van der Waals surface area contributed by atoms with Gasteiger partial charge in [-0.2, -0.15) is 0 Å². The fraction of sp³-hybridized carbons (Fsp3) is 0.375. The number of hydrogen-bond donors (Lipinski definition) is 1. The minimum absolute atomic E-state index is 0.0187. The number of carbonyl (C=O) groups excluding carboxylic acids is 1. The number of halogens is 1. The highest BCUT2D eigenvalue weighted by Gasteiger charge is 2.33. The van der Waals surface area contributed by atoms with Gasteiger partial charge in [-0.25, -0.2) is 9.78 Å². The molecule has 2 fully saturated rings. The number of rotatable bonds is 4. The summed E-state index contributed by atoms with van der Waals surface area (Å²) < 4.78 is 7.26. The summed E-state index contributed by atoms with van der Waals surface area (Å²) in [6, 6.07) is 14.8. The van der Waals surface area contributed by atoms with Crippen LogP contribution in [0.3, 0.4) is 0 Å². The van der Waals surface area contributed by atoms with Crippen molar-refractivity contribution >= 4 is 28.6 Å². The Labute approximate surface area is 191 Å². The Balaban J connectivity index is 1.42. The van der Waals surface area contributed by atoms with Crippen molar-refractivity contribution in [2.45, 2.75) is 38.0 Å². The van der Waals surface area contributed by atoms with Gasteiger partial charge in [-0.3, -0.25) is 9.36 Å². The molecule has 166 valence electrons. The van der Waals surface area contributed by atoms with E-state index in [2.05, 4.69) is 5.32 Å². The molecule has 7 nitrogen and oxygen atoms in total. The molecule has 2 atom stereocenters. The molecule has 8 heteroatoms. The molecule has 1 amide bonds. The number of ether oxygens (including phenoxy) is 1. The van der Waals surface area contributed by atoms with Crippen molar-refractivity contribution in [3.8, 4) is 0 Å². The summed E-state index contributed by atoms with van der Waals surface area (Å²) in [4.78, 5) is 32.8. The molecule has 0 radical (unpaired) electrons. The summed E-state index contributed by atoms with van der Waals surface area (Å²) in [6.45, 7) is 2.07. The first-order chi connectivity index (χ1) is 15.6. The first-order valence-corrected chi connectivity index (χ1v) is 11.4. The third kappa shape index (κ3) is 3.98. The van der Waals surface area contributed by atoms with Crippen LogP contribution in [0.5, 0.6) is 0 Å². The number of nitrogens with zero attached hydrogens (tertiary/aromatic N) is 3. The van der Waals surface area contributed by atoms with E-state index in [1.807, 2.05) is 42.5 Å². The van der Waals surface area contributed by atoms with Crippen LogP contribution in [0.25, 0.3) is 10.9 Å². The predicted molar refractivity (Wildman–Crippen MR) is 123 cm³/mol. The Bertz CT molecular complexity index is 1190. The number of carbonyl (C=O) groups is 1. The van der Waals surface area contributed by atoms with E-state index in [1.165, 1.54) is 0 Å². The summed E-state index contributed by atoms with van der Waals surface area (Å²) in [7, 11) is 0. The normalized spacial score (nSPS) is 20.7. The van der Waals surface area contributed by atoms with Crippen LogP contribution >= 0.6 is 11.6 Å². The maximum absolute atomic E-state index is 13.6. The van der Waals surface area contributed by atoms with Crippen molar-refractivity contribution in [3.63, 3.8) is 0 Å². The lowest BCUT2D eigenvalue weighted by Gasteiger charge is -2.23. The molecule has 2 aliphatic rings. The number of fused-ring (bicyclic) bond motifs is 1. The van der Waals surface area contributed by atoms with Gasteiger partial charge in [0.2, 0.25) is 0 Å². The number of nitrogens with one attached hydrogen (secondary N) is 1. The first kappa shape index (κ1) is 21.0. The number of amides is 1. The van der Waals surface area contributed by atoms with Crippen molar-refractivity contribution in [2.75, 3.05) is 19.6 Å². The predicted octanol–water partition coefficient (Wildman–Crippen LogP) is 4.06. The van der Waals surface area contributed by atoms with E-state index in [0.29, 0.717) is 35.4 Å². The highest BCUT2D eigenvalue weighted by atomic mass is 35.5. The molecular weight excluding hydrogens is 428 g/mol. The van der Waals surface area contributed by atoms with Gasteiger partial charge in [0.15, 0.2) is 0 Å². The third-order valence-corrected chi connectivity index (χ3v) is 6.58. The second-order valence-corrected chi connectivity index (χ2v) is 8.76. The second kappa shape index (κ2) is 8.92. The van der Waals surface area contributed by atoms with Crippen LogP contribution < -0.4 is 10.9 Å². The van der Waals surface area contributed by atoms with Crippen molar-refractivity contribution in [1.29, 1.82) is 0 Å². The zero-order valence-electron chi connectivity index (χ0n) is 17.7. The van der Waals surface area contributed by atoms with E-state index in [0.717, 1.165) is 30.8 Å². The van der Waals surface area contributed by atoms with Gasteiger partial charge in [0.05, 0.1) is 28.0 Å². The third-order valence-electron chi connectivity index (χ3n) is 6.27. The maximum atomic E-state index is 13.6. The summed E-state index contributed by atoms with van der Waals surface area (Å²) in [6.07, 6.45) is 2.26. The standard InChI is InChI=1S/C24H25ClN4O3/c25-18-8-4-9-19-21(18)23(30)29(22(27-19)20-10-5-12-26-20)17-11-13-28(14-17)24(31)32-15-16-6-2-1-3-7-16/h1-4,6-9,17,20,26H,5,10-15H2/t17-,20-/m0/s1. The van der Waals surface area contributed by atoms with Gasteiger partial charge in [-0.15, -0.1) is 0 Å². The van der Waals surface area contributed by atoms with Gasteiger partial charge >= 0.3 is 6.09 Å². The molecule has 3 aromatic rings. The fourth-order valence-corrected chi connectivity index (χ4v) is 4.90. The first-order valence-electron chi connectivity index (χ1n) is 11.0. The molecule has 0 spiro atoms. The molecule has 3 heterocycles. The summed E-state index contributed by atoms with van der Waals surface area (Å²) in [5, 5.41) is 4.29. The van der Waals surface area contributed by atoms with Gasteiger partial charge in [0.1, 0.15) is 12.4 Å². The van der Waals surface area contributed by atoms with Crippen LogP contribution in [0.15, 0.2) is 53.3 Å². The van der Waals surface area contributed by atoms with E-state index in [9.17, 15) is 9.59 Å². The molecule has 0 bridgehead atoms. The SMILES string of the molecule is O=C(OCc1ccccc1)N1CC[C@H](n2c([C@@H]3CCCN3)nc3cccc(Cl)c3c2=O)C1. The van der Waals surface area contributed by atoms with E-state index >= 15 is 0 Å². The van der Waals surface area contributed by atoms with E-state index in [1.54, 1.807) is 15.5 Å². The van der Waals surface area contributed by atoms with Gasteiger partial charge in [-0.1, -0.05) is 48.0 Å². The molecule has 32 heavy (non-hydrogen) atoms. The van der Waals surface area contributed by atoms with Crippen molar-refractivity contribution in [3.05, 3.63) is 75.3 Å². The minimum atomic E-state index is -0.364. The molecule has 2 saturated heterocycles.